The van der Waals surface area contributed by atoms with E-state index in [2.05, 4.69) is 10.3 Å². The van der Waals surface area contributed by atoms with Crippen LogP contribution in [0.1, 0.15) is 11.9 Å². The van der Waals surface area contributed by atoms with Gasteiger partial charge in [-0.2, -0.15) is 0 Å². The van der Waals surface area contributed by atoms with Crippen molar-refractivity contribution in [1.82, 2.24) is 14.8 Å². The summed E-state index contributed by atoms with van der Waals surface area (Å²) < 4.78 is 5.27. The molecular formula is C17H22ClN3O2S. The normalized spacial score (nSPS) is 15.0. The van der Waals surface area contributed by atoms with Crippen LogP contribution in [0, 0.1) is 0 Å². The van der Waals surface area contributed by atoms with Crippen LogP contribution in [0.5, 0.6) is 5.75 Å². The van der Waals surface area contributed by atoms with E-state index in [1.165, 1.54) is 0 Å². The first-order valence-corrected chi connectivity index (χ1v) is 8.60. The monoisotopic (exact) mass is 367 g/mol. The number of carbonyl (C=O) groups is 1. The lowest BCUT2D eigenvalue weighted by Crippen LogP contribution is -2.47. The van der Waals surface area contributed by atoms with Crippen LogP contribution in [0.3, 0.4) is 0 Å². The number of benzene rings is 1. The lowest BCUT2D eigenvalue weighted by atomic mass is 10.2. The highest BCUT2D eigenvalue weighted by molar-refractivity contribution is 7.09. The van der Waals surface area contributed by atoms with Gasteiger partial charge in [0.2, 0.25) is 5.91 Å². The highest BCUT2D eigenvalue weighted by Gasteiger charge is 2.19. The summed E-state index contributed by atoms with van der Waals surface area (Å²) in [7, 11) is 1.67. The summed E-state index contributed by atoms with van der Waals surface area (Å²) >= 11 is 1.68. The zero-order valence-electron chi connectivity index (χ0n) is 13.9. The maximum atomic E-state index is 11.4. The first-order chi connectivity index (χ1) is 11.2. The molecule has 0 spiro atoms. The highest BCUT2D eigenvalue weighted by Crippen LogP contribution is 2.26. The van der Waals surface area contributed by atoms with Gasteiger partial charge in [0.25, 0.3) is 0 Å². The Hall–Kier alpha value is -1.63. The fraction of sp³-hybridized carbons (Fsp3) is 0.412. The maximum absolute atomic E-state index is 11.4. The molecule has 0 radical (unpaired) electrons. The van der Waals surface area contributed by atoms with Gasteiger partial charge in [-0.3, -0.25) is 9.69 Å². The molecule has 1 aliphatic heterocycles. The van der Waals surface area contributed by atoms with Crippen molar-refractivity contribution in [3.05, 3.63) is 34.7 Å². The molecule has 2 heterocycles. The van der Waals surface area contributed by atoms with Crippen molar-refractivity contribution in [2.24, 2.45) is 0 Å². The number of thiazole rings is 1. The average Bonchev–Trinajstić information content (AvgIpc) is 3.04. The summed E-state index contributed by atoms with van der Waals surface area (Å²) in [4.78, 5) is 20.4. The first kappa shape index (κ1) is 18.7. The van der Waals surface area contributed by atoms with E-state index in [9.17, 15) is 4.79 Å². The molecule has 0 atom stereocenters. The molecule has 0 aliphatic carbocycles. The van der Waals surface area contributed by atoms with Crippen molar-refractivity contribution in [3.63, 3.8) is 0 Å². The number of rotatable bonds is 4. The summed E-state index contributed by atoms with van der Waals surface area (Å²) in [5, 5.41) is 3.20. The quantitative estimate of drug-likeness (QED) is 0.833. The van der Waals surface area contributed by atoms with Gasteiger partial charge in [0.05, 0.1) is 19.3 Å². The van der Waals surface area contributed by atoms with Gasteiger partial charge in [0.15, 0.2) is 0 Å². The van der Waals surface area contributed by atoms with Gasteiger partial charge in [-0.1, -0.05) is 12.1 Å². The number of methoxy groups -OCH3 is 1. The van der Waals surface area contributed by atoms with Crippen LogP contribution in [0.4, 0.5) is 0 Å². The molecule has 5 nitrogen and oxygen atoms in total. The van der Waals surface area contributed by atoms with E-state index in [0.717, 1.165) is 54.7 Å². The highest BCUT2D eigenvalue weighted by atomic mass is 35.5. The fourth-order valence-electron chi connectivity index (χ4n) is 2.71. The number of aromatic nitrogens is 1. The zero-order valence-corrected chi connectivity index (χ0v) is 15.5. The summed E-state index contributed by atoms with van der Waals surface area (Å²) in [6.45, 7) is 5.92. The third-order valence-electron chi connectivity index (χ3n) is 4.09. The second-order valence-electron chi connectivity index (χ2n) is 5.64. The predicted octanol–water partition coefficient (Wildman–Crippen LogP) is 2.90. The molecule has 0 N–H and O–H groups in total. The predicted molar refractivity (Wildman–Crippen MR) is 98.9 cm³/mol. The van der Waals surface area contributed by atoms with Crippen molar-refractivity contribution in [3.8, 4) is 17.0 Å². The van der Waals surface area contributed by atoms with Crippen molar-refractivity contribution in [2.75, 3.05) is 33.3 Å². The number of nitrogens with zero attached hydrogens (tertiary/aromatic N) is 3. The van der Waals surface area contributed by atoms with E-state index in [0.29, 0.717) is 0 Å². The van der Waals surface area contributed by atoms with Crippen LogP contribution in [0.25, 0.3) is 11.3 Å². The molecule has 1 saturated heterocycles. The minimum absolute atomic E-state index is 0. The Labute approximate surface area is 152 Å². The van der Waals surface area contributed by atoms with Crippen molar-refractivity contribution in [2.45, 2.75) is 13.5 Å². The van der Waals surface area contributed by atoms with E-state index >= 15 is 0 Å². The van der Waals surface area contributed by atoms with E-state index in [4.69, 9.17) is 9.72 Å². The number of amides is 1. The Balaban J connectivity index is 0.00000208. The molecular weight excluding hydrogens is 346 g/mol. The second kappa shape index (κ2) is 8.46. The molecule has 1 amide bonds. The molecule has 1 fully saturated rings. The minimum atomic E-state index is 0. The van der Waals surface area contributed by atoms with Gasteiger partial charge < -0.3 is 9.64 Å². The molecule has 24 heavy (non-hydrogen) atoms. The number of piperazine rings is 1. The molecule has 2 aromatic rings. The van der Waals surface area contributed by atoms with E-state index in [1.54, 1.807) is 25.4 Å². The smallest absolute Gasteiger partial charge is 0.219 e. The molecule has 0 unspecified atom stereocenters. The fourth-order valence-corrected chi connectivity index (χ4v) is 3.56. The van der Waals surface area contributed by atoms with Crippen LogP contribution < -0.4 is 4.74 Å². The van der Waals surface area contributed by atoms with E-state index in [1.807, 2.05) is 29.2 Å². The average molecular weight is 368 g/mol. The van der Waals surface area contributed by atoms with E-state index in [-0.39, 0.29) is 18.3 Å². The van der Waals surface area contributed by atoms with Gasteiger partial charge in [-0.15, -0.1) is 23.7 Å². The summed E-state index contributed by atoms with van der Waals surface area (Å²) in [6, 6.07) is 7.97. The molecule has 0 saturated carbocycles. The number of ether oxygens (including phenoxy) is 1. The maximum Gasteiger partial charge on any atom is 0.219 e. The van der Waals surface area contributed by atoms with Crippen LogP contribution in [-0.2, 0) is 11.3 Å². The molecule has 1 aromatic carbocycles. The van der Waals surface area contributed by atoms with Gasteiger partial charge >= 0.3 is 0 Å². The Bertz CT molecular complexity index is 684. The van der Waals surface area contributed by atoms with Crippen molar-refractivity contribution >= 4 is 29.7 Å². The van der Waals surface area contributed by atoms with Crippen LogP contribution in [0.15, 0.2) is 29.6 Å². The van der Waals surface area contributed by atoms with Gasteiger partial charge in [-0.05, 0) is 12.1 Å². The summed E-state index contributed by atoms with van der Waals surface area (Å²) in [6.07, 6.45) is 0. The van der Waals surface area contributed by atoms with Crippen LogP contribution in [0.2, 0.25) is 0 Å². The topological polar surface area (TPSA) is 45.7 Å². The van der Waals surface area contributed by atoms with Gasteiger partial charge in [0, 0.05) is 44.0 Å². The Morgan fingerprint density at radius 1 is 1.29 bits per heavy atom. The third kappa shape index (κ3) is 4.47. The van der Waals surface area contributed by atoms with Crippen molar-refractivity contribution in [1.29, 1.82) is 0 Å². The van der Waals surface area contributed by atoms with Crippen LogP contribution >= 0.6 is 23.7 Å². The summed E-state index contributed by atoms with van der Waals surface area (Å²) in [5.41, 5.74) is 2.07. The molecule has 130 valence electrons. The molecule has 7 heteroatoms. The zero-order chi connectivity index (χ0) is 16.2. The molecule has 0 bridgehead atoms. The Morgan fingerprint density at radius 3 is 2.71 bits per heavy atom. The molecule has 1 aromatic heterocycles. The number of halogens is 1. The lowest BCUT2D eigenvalue weighted by Gasteiger charge is -2.33. The standard InChI is InChI=1S/C17H21N3O2S.ClH/c1-13(21)20-8-6-19(7-9-20)11-17-18-16(12-23-17)14-4-3-5-15(10-14)22-2;/h3-5,10,12H,6-9,11H2,1-2H3;1H. The summed E-state index contributed by atoms with van der Waals surface area (Å²) in [5.74, 6) is 1.01. The second-order valence-corrected chi connectivity index (χ2v) is 6.58. The van der Waals surface area contributed by atoms with Gasteiger partial charge in [0.1, 0.15) is 10.8 Å². The van der Waals surface area contributed by atoms with Crippen LogP contribution in [-0.4, -0.2) is 54.0 Å². The Kier molecular flexibility index (Phi) is 6.60. The third-order valence-corrected chi connectivity index (χ3v) is 4.93. The number of carbonyl (C=O) groups excluding carboxylic acids is 1. The van der Waals surface area contributed by atoms with E-state index < -0.39 is 0 Å². The first-order valence-electron chi connectivity index (χ1n) is 7.72. The molecule has 1 aliphatic rings. The lowest BCUT2D eigenvalue weighted by molar-refractivity contribution is -0.130. The molecule has 3 rings (SSSR count). The number of hydrogen-bond donors (Lipinski definition) is 0. The minimum Gasteiger partial charge on any atom is -0.497 e. The van der Waals surface area contributed by atoms with Gasteiger partial charge in [-0.25, -0.2) is 4.98 Å². The number of hydrogen-bond acceptors (Lipinski definition) is 5. The SMILES string of the molecule is COc1cccc(-c2csc(CN3CCN(C(C)=O)CC3)n2)c1.Cl. The Morgan fingerprint density at radius 2 is 2.04 bits per heavy atom. The largest absolute Gasteiger partial charge is 0.497 e. The van der Waals surface area contributed by atoms with Crippen molar-refractivity contribution < 1.29 is 9.53 Å².